The van der Waals surface area contributed by atoms with Gasteiger partial charge in [-0.25, -0.2) is 9.67 Å². The van der Waals surface area contributed by atoms with Gasteiger partial charge in [-0.3, -0.25) is 9.80 Å². The summed E-state index contributed by atoms with van der Waals surface area (Å²) in [6, 6.07) is 0.699. The van der Waals surface area contributed by atoms with Gasteiger partial charge < -0.3 is 10.0 Å². The van der Waals surface area contributed by atoms with E-state index in [2.05, 4.69) is 26.7 Å². The zero-order valence-electron chi connectivity index (χ0n) is 15.2. The van der Waals surface area contributed by atoms with E-state index in [4.69, 9.17) is 10.1 Å². The minimum atomic E-state index is 0.273. The average molecular weight is 365 g/mol. The third kappa shape index (κ3) is 3.40. The molecule has 2 fully saturated rings. The summed E-state index contributed by atoms with van der Waals surface area (Å²) in [6.07, 6.45) is 2.43. The standard InChI is InChI=1S/C17H28N6OS/c1-13-15-16(20(2)19-13)18-17(25-15)23-5-3-14(4-6-23)22-9-7-21(8-10-22)11-12-24/h14,24H,3-12H2,1-2H3. The van der Waals surface area contributed by atoms with Crippen LogP contribution in [-0.4, -0.2) is 88.1 Å². The predicted molar refractivity (Wildman–Crippen MR) is 101 cm³/mol. The lowest BCUT2D eigenvalue weighted by atomic mass is 10.0. The molecule has 2 aliphatic rings. The number of aryl methyl sites for hydroxylation is 2. The Morgan fingerprint density at radius 1 is 1.12 bits per heavy atom. The van der Waals surface area contributed by atoms with Gasteiger partial charge in [0.1, 0.15) is 0 Å². The molecule has 0 spiro atoms. The molecule has 1 N–H and O–H groups in total. The zero-order chi connectivity index (χ0) is 17.4. The van der Waals surface area contributed by atoms with Crippen molar-refractivity contribution in [1.29, 1.82) is 0 Å². The Balaban J connectivity index is 1.34. The van der Waals surface area contributed by atoms with Crippen LogP contribution in [0.2, 0.25) is 0 Å². The zero-order valence-corrected chi connectivity index (χ0v) is 16.0. The van der Waals surface area contributed by atoms with Gasteiger partial charge in [0, 0.05) is 58.9 Å². The fraction of sp³-hybridized carbons (Fsp3) is 0.765. The van der Waals surface area contributed by atoms with E-state index in [0.29, 0.717) is 6.04 Å². The molecule has 0 bridgehead atoms. The summed E-state index contributed by atoms with van der Waals surface area (Å²) in [5.74, 6) is 0. The highest BCUT2D eigenvalue weighted by atomic mass is 32.1. The van der Waals surface area contributed by atoms with Crippen LogP contribution >= 0.6 is 11.3 Å². The van der Waals surface area contributed by atoms with Crippen LogP contribution in [0.3, 0.4) is 0 Å². The monoisotopic (exact) mass is 364 g/mol. The molecule has 0 saturated carbocycles. The molecule has 138 valence electrons. The van der Waals surface area contributed by atoms with E-state index in [-0.39, 0.29) is 6.61 Å². The number of β-amino-alcohol motifs (C(OH)–C–C–N with tert-alkyl or cyclic N) is 1. The number of thiazole rings is 1. The van der Waals surface area contributed by atoms with E-state index in [1.165, 1.54) is 17.5 Å². The molecular weight excluding hydrogens is 336 g/mol. The van der Waals surface area contributed by atoms with Gasteiger partial charge in [-0.15, -0.1) is 0 Å². The molecule has 25 heavy (non-hydrogen) atoms. The van der Waals surface area contributed by atoms with Gasteiger partial charge in [0.2, 0.25) is 0 Å². The molecule has 0 aromatic carbocycles. The predicted octanol–water partition coefficient (Wildman–Crippen LogP) is 0.917. The molecule has 4 heterocycles. The Bertz CT molecular complexity index is 678. The summed E-state index contributed by atoms with van der Waals surface area (Å²) < 4.78 is 3.11. The van der Waals surface area contributed by atoms with Crippen molar-refractivity contribution in [3.05, 3.63) is 5.69 Å². The number of aliphatic hydroxyl groups is 1. The summed E-state index contributed by atoms with van der Waals surface area (Å²) in [6.45, 7) is 9.78. The molecule has 4 rings (SSSR count). The largest absolute Gasteiger partial charge is 0.395 e. The van der Waals surface area contributed by atoms with Crippen molar-refractivity contribution in [3.8, 4) is 0 Å². The van der Waals surface area contributed by atoms with E-state index < -0.39 is 0 Å². The van der Waals surface area contributed by atoms with Crippen molar-refractivity contribution in [2.45, 2.75) is 25.8 Å². The van der Waals surface area contributed by atoms with Crippen LogP contribution in [0.4, 0.5) is 5.13 Å². The first-order valence-electron chi connectivity index (χ1n) is 9.28. The number of piperidine rings is 1. The molecule has 2 saturated heterocycles. The first-order valence-corrected chi connectivity index (χ1v) is 10.1. The average Bonchev–Trinajstić information content (AvgIpc) is 3.18. The summed E-state index contributed by atoms with van der Waals surface area (Å²) >= 11 is 1.78. The summed E-state index contributed by atoms with van der Waals surface area (Å²) in [4.78, 5) is 12.3. The third-order valence-corrected chi connectivity index (χ3v) is 6.82. The van der Waals surface area contributed by atoms with Crippen LogP contribution in [0.25, 0.3) is 10.3 Å². The maximum absolute atomic E-state index is 9.07. The van der Waals surface area contributed by atoms with E-state index in [1.54, 1.807) is 11.3 Å². The molecule has 0 unspecified atom stereocenters. The Morgan fingerprint density at radius 2 is 1.84 bits per heavy atom. The Kier molecular flexibility index (Phi) is 4.95. The van der Waals surface area contributed by atoms with Crippen LogP contribution in [0.1, 0.15) is 18.5 Å². The van der Waals surface area contributed by atoms with Crippen molar-refractivity contribution >= 4 is 26.8 Å². The SMILES string of the molecule is Cc1nn(C)c2nc(N3CCC(N4CCN(CCO)CC4)CC3)sc12. The van der Waals surface area contributed by atoms with E-state index in [1.807, 2.05) is 11.7 Å². The van der Waals surface area contributed by atoms with Gasteiger partial charge in [-0.05, 0) is 19.8 Å². The Hall–Kier alpha value is -1.22. The van der Waals surface area contributed by atoms with Gasteiger partial charge in [0.15, 0.2) is 10.8 Å². The van der Waals surface area contributed by atoms with E-state index >= 15 is 0 Å². The van der Waals surface area contributed by atoms with Crippen LogP contribution in [0.15, 0.2) is 0 Å². The lowest BCUT2D eigenvalue weighted by molar-refractivity contribution is 0.0747. The van der Waals surface area contributed by atoms with Crippen molar-refractivity contribution in [2.75, 3.05) is 57.3 Å². The first-order chi connectivity index (χ1) is 12.2. The fourth-order valence-corrected chi connectivity index (χ4v) is 5.21. The second kappa shape index (κ2) is 7.19. The number of hydrogen-bond acceptors (Lipinski definition) is 7. The van der Waals surface area contributed by atoms with Crippen LogP contribution < -0.4 is 4.90 Å². The highest BCUT2D eigenvalue weighted by Crippen LogP contribution is 2.32. The first kappa shape index (κ1) is 17.2. The van der Waals surface area contributed by atoms with Crippen molar-refractivity contribution in [3.63, 3.8) is 0 Å². The molecule has 2 aromatic heterocycles. The fourth-order valence-electron chi connectivity index (χ4n) is 4.12. The number of hydrogen-bond donors (Lipinski definition) is 1. The maximum atomic E-state index is 9.07. The van der Waals surface area contributed by atoms with Gasteiger partial charge >= 0.3 is 0 Å². The second-order valence-electron chi connectivity index (χ2n) is 7.18. The van der Waals surface area contributed by atoms with Crippen LogP contribution in [-0.2, 0) is 7.05 Å². The molecule has 2 aliphatic heterocycles. The van der Waals surface area contributed by atoms with Crippen LogP contribution in [0, 0.1) is 6.92 Å². The van der Waals surface area contributed by atoms with Gasteiger partial charge in [-0.2, -0.15) is 5.10 Å². The number of fused-ring (bicyclic) bond motifs is 1. The van der Waals surface area contributed by atoms with Crippen molar-refractivity contribution < 1.29 is 5.11 Å². The minimum Gasteiger partial charge on any atom is -0.395 e. The van der Waals surface area contributed by atoms with E-state index in [0.717, 1.165) is 62.3 Å². The number of nitrogens with zero attached hydrogens (tertiary/aromatic N) is 6. The minimum absolute atomic E-state index is 0.273. The molecule has 0 amide bonds. The molecule has 8 heteroatoms. The smallest absolute Gasteiger partial charge is 0.188 e. The number of rotatable bonds is 4. The quantitative estimate of drug-likeness (QED) is 0.870. The number of aromatic nitrogens is 3. The summed E-state index contributed by atoms with van der Waals surface area (Å²) in [7, 11) is 1.97. The maximum Gasteiger partial charge on any atom is 0.188 e. The molecular formula is C17H28N6OS. The topological polar surface area (TPSA) is 60.7 Å². The number of aliphatic hydroxyl groups excluding tert-OH is 1. The van der Waals surface area contributed by atoms with Crippen molar-refractivity contribution in [1.82, 2.24) is 24.6 Å². The highest BCUT2D eigenvalue weighted by Gasteiger charge is 2.28. The number of anilines is 1. The third-order valence-electron chi connectivity index (χ3n) is 5.61. The van der Waals surface area contributed by atoms with Crippen LogP contribution in [0.5, 0.6) is 0 Å². The Morgan fingerprint density at radius 3 is 2.48 bits per heavy atom. The highest BCUT2D eigenvalue weighted by molar-refractivity contribution is 7.22. The number of piperazine rings is 1. The summed E-state index contributed by atoms with van der Waals surface area (Å²) in [5.41, 5.74) is 2.09. The summed E-state index contributed by atoms with van der Waals surface area (Å²) in [5, 5.41) is 14.7. The normalized spacial score (nSPS) is 21.5. The van der Waals surface area contributed by atoms with Gasteiger partial charge in [0.25, 0.3) is 0 Å². The molecule has 7 nitrogen and oxygen atoms in total. The lowest BCUT2D eigenvalue weighted by Gasteiger charge is -2.42. The van der Waals surface area contributed by atoms with E-state index in [9.17, 15) is 0 Å². The van der Waals surface area contributed by atoms with Crippen molar-refractivity contribution in [2.24, 2.45) is 7.05 Å². The molecule has 2 aromatic rings. The molecule has 0 aliphatic carbocycles. The van der Waals surface area contributed by atoms with Gasteiger partial charge in [0.05, 0.1) is 17.0 Å². The lowest BCUT2D eigenvalue weighted by Crippen LogP contribution is -2.53. The van der Waals surface area contributed by atoms with Gasteiger partial charge in [-0.1, -0.05) is 11.3 Å². The Labute approximate surface area is 152 Å². The second-order valence-corrected chi connectivity index (χ2v) is 8.16. The molecule has 0 atom stereocenters. The molecule has 0 radical (unpaired) electrons.